The summed E-state index contributed by atoms with van der Waals surface area (Å²) in [5, 5.41) is 3.31. The molecule has 1 heterocycles. The Morgan fingerprint density at radius 1 is 1.32 bits per heavy atom. The van der Waals surface area contributed by atoms with Gasteiger partial charge in [0, 0.05) is 6.54 Å². The van der Waals surface area contributed by atoms with Crippen molar-refractivity contribution in [3.63, 3.8) is 0 Å². The summed E-state index contributed by atoms with van der Waals surface area (Å²) in [6.45, 7) is 5.71. The third-order valence-corrected chi connectivity index (χ3v) is 5.36. The molecule has 0 radical (unpaired) electrons. The Morgan fingerprint density at radius 3 is 2.58 bits per heavy atom. The summed E-state index contributed by atoms with van der Waals surface area (Å²) >= 11 is 0. The van der Waals surface area contributed by atoms with Crippen LogP contribution in [0.1, 0.15) is 20.3 Å². The molecule has 0 saturated carbocycles. The fourth-order valence-electron chi connectivity index (χ4n) is 2.19. The van der Waals surface area contributed by atoms with Crippen molar-refractivity contribution in [2.45, 2.75) is 31.3 Å². The molecule has 0 spiro atoms. The van der Waals surface area contributed by atoms with E-state index in [2.05, 4.69) is 12.2 Å². The van der Waals surface area contributed by atoms with Crippen molar-refractivity contribution in [1.29, 1.82) is 0 Å². The van der Waals surface area contributed by atoms with E-state index in [0.29, 0.717) is 10.8 Å². The molecule has 1 N–H and O–H groups in total. The summed E-state index contributed by atoms with van der Waals surface area (Å²) in [7, 11) is -3.13. The molecule has 5 heteroatoms. The third-order valence-electron chi connectivity index (χ3n) is 3.61. The normalized spacial score (nSPS) is 24.1. The van der Waals surface area contributed by atoms with Gasteiger partial charge < -0.3 is 10.1 Å². The Labute approximate surface area is 115 Å². The van der Waals surface area contributed by atoms with Crippen molar-refractivity contribution < 1.29 is 13.2 Å². The molecule has 1 aliphatic rings. The molecule has 1 saturated heterocycles. The smallest absolute Gasteiger partial charge is 0.178 e. The van der Waals surface area contributed by atoms with E-state index in [1.54, 1.807) is 31.2 Å². The van der Waals surface area contributed by atoms with Gasteiger partial charge in [0.05, 0.1) is 10.6 Å². The Hall–Kier alpha value is -1.07. The molecular formula is C14H21NO3S. The number of rotatable bonds is 4. The van der Waals surface area contributed by atoms with Crippen LogP contribution in [-0.4, -0.2) is 33.4 Å². The van der Waals surface area contributed by atoms with Crippen LogP contribution in [0.25, 0.3) is 0 Å². The van der Waals surface area contributed by atoms with Gasteiger partial charge in [-0.05, 0) is 43.1 Å². The van der Waals surface area contributed by atoms with Crippen molar-refractivity contribution in [3.05, 3.63) is 24.3 Å². The number of hydrogen-bond donors (Lipinski definition) is 1. The third kappa shape index (κ3) is 3.48. The van der Waals surface area contributed by atoms with E-state index in [-0.39, 0.29) is 11.9 Å². The van der Waals surface area contributed by atoms with E-state index < -0.39 is 9.84 Å². The van der Waals surface area contributed by atoms with E-state index >= 15 is 0 Å². The van der Waals surface area contributed by atoms with Gasteiger partial charge in [-0.3, -0.25) is 0 Å². The van der Waals surface area contributed by atoms with E-state index in [1.165, 1.54) is 0 Å². The second-order valence-corrected chi connectivity index (χ2v) is 7.28. The number of hydrogen-bond acceptors (Lipinski definition) is 4. The summed E-state index contributed by atoms with van der Waals surface area (Å²) < 4.78 is 29.3. The SMILES string of the molecule is CCS(=O)(=O)c1ccc(OC2CNCCC2C)cc1. The predicted molar refractivity (Wildman–Crippen MR) is 75.2 cm³/mol. The lowest BCUT2D eigenvalue weighted by Gasteiger charge is -2.30. The highest BCUT2D eigenvalue weighted by molar-refractivity contribution is 7.91. The monoisotopic (exact) mass is 283 g/mol. The van der Waals surface area contributed by atoms with Crippen molar-refractivity contribution >= 4 is 9.84 Å². The molecule has 0 amide bonds. The molecule has 0 bridgehead atoms. The Balaban J connectivity index is 2.06. The van der Waals surface area contributed by atoms with E-state index in [0.717, 1.165) is 25.3 Å². The minimum atomic E-state index is -3.13. The first-order valence-corrected chi connectivity index (χ1v) is 8.38. The van der Waals surface area contributed by atoms with Gasteiger partial charge in [-0.1, -0.05) is 13.8 Å². The van der Waals surface area contributed by atoms with Crippen LogP contribution in [0.3, 0.4) is 0 Å². The Kier molecular flexibility index (Phi) is 4.47. The molecule has 4 nitrogen and oxygen atoms in total. The van der Waals surface area contributed by atoms with Crippen molar-refractivity contribution in [3.8, 4) is 5.75 Å². The average Bonchev–Trinajstić information content (AvgIpc) is 2.42. The molecule has 1 aromatic rings. The van der Waals surface area contributed by atoms with Gasteiger partial charge in [-0.25, -0.2) is 8.42 Å². The van der Waals surface area contributed by atoms with Crippen LogP contribution in [0.2, 0.25) is 0 Å². The van der Waals surface area contributed by atoms with Gasteiger partial charge in [-0.2, -0.15) is 0 Å². The quantitative estimate of drug-likeness (QED) is 0.916. The first-order valence-electron chi connectivity index (χ1n) is 6.73. The molecule has 2 unspecified atom stereocenters. The molecule has 0 aliphatic carbocycles. The van der Waals surface area contributed by atoms with Crippen molar-refractivity contribution in [1.82, 2.24) is 5.32 Å². The molecule has 106 valence electrons. The maximum atomic E-state index is 11.7. The number of piperidine rings is 1. The first kappa shape index (κ1) is 14.3. The van der Waals surface area contributed by atoms with Gasteiger partial charge in [0.2, 0.25) is 0 Å². The maximum absolute atomic E-state index is 11.7. The van der Waals surface area contributed by atoms with Crippen LogP contribution in [0.5, 0.6) is 5.75 Å². The van der Waals surface area contributed by atoms with Crippen molar-refractivity contribution in [2.75, 3.05) is 18.8 Å². The number of ether oxygens (including phenoxy) is 1. The summed E-state index contributed by atoms with van der Waals surface area (Å²) in [4.78, 5) is 0.358. The second-order valence-electron chi connectivity index (χ2n) is 5.00. The lowest BCUT2D eigenvalue weighted by atomic mass is 9.97. The predicted octanol–water partition coefficient (Wildman–Crippen LogP) is 1.86. The highest BCUT2D eigenvalue weighted by Crippen LogP contribution is 2.22. The first-order chi connectivity index (χ1) is 9.03. The van der Waals surface area contributed by atoms with E-state index in [9.17, 15) is 8.42 Å². The van der Waals surface area contributed by atoms with Gasteiger partial charge in [-0.15, -0.1) is 0 Å². The zero-order valence-corrected chi connectivity index (χ0v) is 12.2. The molecule has 1 aliphatic heterocycles. The standard InChI is InChI=1S/C14H21NO3S/c1-3-19(16,17)13-6-4-12(5-7-13)18-14-10-15-9-8-11(14)2/h4-7,11,14-15H,3,8-10H2,1-2H3. The summed E-state index contributed by atoms with van der Waals surface area (Å²) in [5.74, 6) is 1.37. The second kappa shape index (κ2) is 5.92. The molecule has 19 heavy (non-hydrogen) atoms. The van der Waals surface area contributed by atoms with Crippen LogP contribution >= 0.6 is 0 Å². The zero-order chi connectivity index (χ0) is 13.9. The topological polar surface area (TPSA) is 55.4 Å². The lowest BCUT2D eigenvalue weighted by molar-refractivity contribution is 0.115. The van der Waals surface area contributed by atoms with Crippen LogP contribution in [0.4, 0.5) is 0 Å². The van der Waals surface area contributed by atoms with Crippen molar-refractivity contribution in [2.24, 2.45) is 5.92 Å². The minimum absolute atomic E-state index is 0.122. The molecule has 0 aromatic heterocycles. The van der Waals surface area contributed by atoms with Gasteiger partial charge in [0.1, 0.15) is 11.9 Å². The Morgan fingerprint density at radius 2 is 2.00 bits per heavy atom. The molecule has 1 aromatic carbocycles. The van der Waals surface area contributed by atoms with Crippen LogP contribution < -0.4 is 10.1 Å². The van der Waals surface area contributed by atoms with Gasteiger partial charge >= 0.3 is 0 Å². The summed E-state index contributed by atoms with van der Waals surface area (Å²) in [6, 6.07) is 6.72. The number of benzene rings is 1. The largest absolute Gasteiger partial charge is 0.489 e. The summed E-state index contributed by atoms with van der Waals surface area (Å²) in [6.07, 6.45) is 1.26. The number of nitrogens with one attached hydrogen (secondary N) is 1. The highest BCUT2D eigenvalue weighted by Gasteiger charge is 2.22. The molecule has 2 atom stereocenters. The molecule has 1 fully saturated rings. The van der Waals surface area contributed by atoms with Crippen LogP contribution in [-0.2, 0) is 9.84 Å². The minimum Gasteiger partial charge on any atom is -0.489 e. The Bertz CT molecular complexity index is 510. The van der Waals surface area contributed by atoms with Crippen LogP contribution in [0, 0.1) is 5.92 Å². The lowest BCUT2D eigenvalue weighted by Crippen LogP contribution is -2.42. The van der Waals surface area contributed by atoms with Crippen LogP contribution in [0.15, 0.2) is 29.2 Å². The molecular weight excluding hydrogens is 262 g/mol. The maximum Gasteiger partial charge on any atom is 0.178 e. The summed E-state index contributed by atoms with van der Waals surface area (Å²) in [5.41, 5.74) is 0. The van der Waals surface area contributed by atoms with Gasteiger partial charge in [0.25, 0.3) is 0 Å². The fourth-order valence-corrected chi connectivity index (χ4v) is 3.07. The number of sulfone groups is 1. The highest BCUT2D eigenvalue weighted by atomic mass is 32.2. The van der Waals surface area contributed by atoms with E-state index in [1.807, 2.05) is 0 Å². The van der Waals surface area contributed by atoms with Gasteiger partial charge in [0.15, 0.2) is 9.84 Å². The van der Waals surface area contributed by atoms with E-state index in [4.69, 9.17) is 4.74 Å². The fraction of sp³-hybridized carbons (Fsp3) is 0.571. The zero-order valence-electron chi connectivity index (χ0n) is 11.4. The molecule has 2 rings (SSSR count). The average molecular weight is 283 g/mol.